The lowest BCUT2D eigenvalue weighted by Gasteiger charge is -2.23. The second-order valence-corrected chi connectivity index (χ2v) is 4.79. The molecule has 16 heavy (non-hydrogen) atoms. The van der Waals surface area contributed by atoms with Gasteiger partial charge in [-0.3, -0.25) is 0 Å². The van der Waals surface area contributed by atoms with E-state index in [9.17, 15) is 0 Å². The van der Waals surface area contributed by atoms with Crippen molar-refractivity contribution in [2.75, 3.05) is 19.8 Å². The average molecular weight is 222 g/mol. The fourth-order valence-electron chi connectivity index (χ4n) is 2.65. The molecule has 2 aliphatic rings. The maximum absolute atomic E-state index is 5.75. The van der Waals surface area contributed by atoms with Crippen molar-refractivity contribution in [3.63, 3.8) is 0 Å². The lowest BCUT2D eigenvalue weighted by Crippen LogP contribution is -2.28. The standard InChI is InChI=1S/C11H18N4O/c12-5-8-1-2-10-13-14-11(15(10)6-8)9-3-4-16-7-9/h8-9H,1-7,12H2. The smallest absolute Gasteiger partial charge is 0.138 e. The molecule has 0 bridgehead atoms. The van der Waals surface area contributed by atoms with Gasteiger partial charge in [-0.05, 0) is 25.3 Å². The van der Waals surface area contributed by atoms with Gasteiger partial charge in [-0.25, -0.2) is 0 Å². The first-order valence-corrected chi connectivity index (χ1v) is 6.08. The molecule has 0 aromatic carbocycles. The summed E-state index contributed by atoms with van der Waals surface area (Å²) in [4.78, 5) is 0. The van der Waals surface area contributed by atoms with E-state index >= 15 is 0 Å². The maximum Gasteiger partial charge on any atom is 0.138 e. The normalized spacial score (nSPS) is 29.3. The van der Waals surface area contributed by atoms with Gasteiger partial charge in [0, 0.05) is 25.5 Å². The van der Waals surface area contributed by atoms with Crippen molar-refractivity contribution in [1.82, 2.24) is 14.8 Å². The molecule has 0 aliphatic carbocycles. The van der Waals surface area contributed by atoms with Gasteiger partial charge in [0.15, 0.2) is 0 Å². The van der Waals surface area contributed by atoms with E-state index in [4.69, 9.17) is 10.5 Å². The minimum Gasteiger partial charge on any atom is -0.381 e. The fourth-order valence-corrected chi connectivity index (χ4v) is 2.65. The van der Waals surface area contributed by atoms with E-state index in [1.54, 1.807) is 0 Å². The Labute approximate surface area is 95.0 Å². The Kier molecular flexibility index (Phi) is 2.65. The zero-order valence-electron chi connectivity index (χ0n) is 9.43. The number of hydrogen-bond donors (Lipinski definition) is 1. The topological polar surface area (TPSA) is 66.0 Å². The van der Waals surface area contributed by atoms with Crippen LogP contribution < -0.4 is 5.73 Å². The highest BCUT2D eigenvalue weighted by Gasteiger charge is 2.28. The van der Waals surface area contributed by atoms with Crippen molar-refractivity contribution in [1.29, 1.82) is 0 Å². The molecule has 0 radical (unpaired) electrons. The quantitative estimate of drug-likeness (QED) is 0.781. The summed E-state index contributed by atoms with van der Waals surface area (Å²) in [5.41, 5.74) is 5.75. The van der Waals surface area contributed by atoms with Crippen LogP contribution in [0, 0.1) is 5.92 Å². The van der Waals surface area contributed by atoms with Crippen LogP contribution in [0.3, 0.4) is 0 Å². The zero-order valence-corrected chi connectivity index (χ0v) is 9.43. The molecular weight excluding hydrogens is 204 g/mol. The van der Waals surface area contributed by atoms with Crippen molar-refractivity contribution < 1.29 is 4.74 Å². The first-order valence-electron chi connectivity index (χ1n) is 6.08. The molecule has 5 heteroatoms. The lowest BCUT2D eigenvalue weighted by atomic mass is 9.98. The van der Waals surface area contributed by atoms with E-state index in [1.165, 1.54) is 0 Å². The fraction of sp³-hybridized carbons (Fsp3) is 0.818. The van der Waals surface area contributed by atoms with E-state index in [-0.39, 0.29) is 0 Å². The van der Waals surface area contributed by atoms with Gasteiger partial charge < -0.3 is 15.0 Å². The Morgan fingerprint density at radius 2 is 2.31 bits per heavy atom. The molecule has 1 aromatic rings. The molecule has 2 unspecified atom stereocenters. The summed E-state index contributed by atoms with van der Waals surface area (Å²) in [5, 5.41) is 8.63. The lowest BCUT2D eigenvalue weighted by molar-refractivity contribution is 0.192. The zero-order chi connectivity index (χ0) is 11.0. The van der Waals surface area contributed by atoms with Crippen LogP contribution in [-0.4, -0.2) is 34.5 Å². The number of rotatable bonds is 2. The highest BCUT2D eigenvalue weighted by molar-refractivity contribution is 5.06. The molecule has 88 valence electrons. The summed E-state index contributed by atoms with van der Waals surface area (Å²) in [5.74, 6) is 3.28. The molecule has 1 saturated heterocycles. The van der Waals surface area contributed by atoms with E-state index in [1.807, 2.05) is 0 Å². The van der Waals surface area contributed by atoms with Crippen LogP contribution in [-0.2, 0) is 17.7 Å². The number of aryl methyl sites for hydroxylation is 1. The summed E-state index contributed by atoms with van der Waals surface area (Å²) in [6, 6.07) is 0. The van der Waals surface area contributed by atoms with Crippen molar-refractivity contribution in [2.24, 2.45) is 11.7 Å². The van der Waals surface area contributed by atoms with Gasteiger partial charge in [0.05, 0.1) is 6.61 Å². The predicted octanol–water partition coefficient (Wildman–Crippen LogP) is 0.303. The minimum absolute atomic E-state index is 0.442. The Morgan fingerprint density at radius 3 is 3.06 bits per heavy atom. The highest BCUT2D eigenvalue weighted by Crippen LogP contribution is 2.27. The van der Waals surface area contributed by atoms with Crippen LogP contribution in [0.5, 0.6) is 0 Å². The van der Waals surface area contributed by atoms with E-state index in [0.717, 1.165) is 57.2 Å². The molecule has 3 rings (SSSR count). The van der Waals surface area contributed by atoms with Crippen molar-refractivity contribution >= 4 is 0 Å². The second-order valence-electron chi connectivity index (χ2n) is 4.79. The van der Waals surface area contributed by atoms with Gasteiger partial charge in [0.25, 0.3) is 0 Å². The van der Waals surface area contributed by atoms with Gasteiger partial charge >= 0.3 is 0 Å². The van der Waals surface area contributed by atoms with Gasteiger partial charge in [-0.2, -0.15) is 0 Å². The van der Waals surface area contributed by atoms with Gasteiger partial charge in [0.1, 0.15) is 11.6 Å². The highest BCUT2D eigenvalue weighted by atomic mass is 16.5. The second kappa shape index (κ2) is 4.14. The molecule has 0 saturated carbocycles. The molecule has 1 aromatic heterocycles. The molecular formula is C11H18N4O. The van der Waals surface area contributed by atoms with Gasteiger partial charge in [0.2, 0.25) is 0 Å². The summed E-state index contributed by atoms with van der Waals surface area (Å²) >= 11 is 0. The Morgan fingerprint density at radius 1 is 1.38 bits per heavy atom. The maximum atomic E-state index is 5.75. The molecule has 0 amide bonds. The molecule has 2 aliphatic heterocycles. The molecule has 2 atom stereocenters. The van der Waals surface area contributed by atoms with Crippen molar-refractivity contribution in [3.8, 4) is 0 Å². The predicted molar refractivity (Wildman–Crippen MR) is 59.1 cm³/mol. The summed E-state index contributed by atoms with van der Waals surface area (Å²) in [6.45, 7) is 3.40. The van der Waals surface area contributed by atoms with E-state index < -0.39 is 0 Å². The summed E-state index contributed by atoms with van der Waals surface area (Å²) in [6.07, 6.45) is 3.24. The summed E-state index contributed by atoms with van der Waals surface area (Å²) in [7, 11) is 0. The van der Waals surface area contributed by atoms with Crippen molar-refractivity contribution in [3.05, 3.63) is 11.6 Å². The number of hydrogen-bond acceptors (Lipinski definition) is 4. The van der Waals surface area contributed by atoms with Crippen LogP contribution >= 0.6 is 0 Å². The van der Waals surface area contributed by atoms with Crippen LogP contribution in [0.25, 0.3) is 0 Å². The van der Waals surface area contributed by atoms with Crippen LogP contribution in [0.15, 0.2) is 0 Å². The number of fused-ring (bicyclic) bond motifs is 1. The number of ether oxygens (including phenoxy) is 1. The van der Waals surface area contributed by atoms with Gasteiger partial charge in [-0.1, -0.05) is 0 Å². The third kappa shape index (κ3) is 1.64. The largest absolute Gasteiger partial charge is 0.381 e. The third-order valence-corrected chi connectivity index (χ3v) is 3.70. The number of aromatic nitrogens is 3. The Balaban J connectivity index is 1.87. The first-order chi connectivity index (χ1) is 7.88. The van der Waals surface area contributed by atoms with Gasteiger partial charge in [-0.15, -0.1) is 10.2 Å². The Hall–Kier alpha value is -0.940. The molecule has 1 fully saturated rings. The van der Waals surface area contributed by atoms with E-state index in [2.05, 4.69) is 14.8 Å². The minimum atomic E-state index is 0.442. The number of nitrogens with two attached hydrogens (primary N) is 1. The Bertz CT molecular complexity index is 370. The molecule has 3 heterocycles. The molecule has 0 spiro atoms. The SMILES string of the molecule is NCC1CCc2nnc(C3CCOC3)n2C1. The van der Waals surface area contributed by atoms with E-state index in [0.29, 0.717) is 11.8 Å². The monoisotopic (exact) mass is 222 g/mol. The molecule has 5 nitrogen and oxygen atoms in total. The van der Waals surface area contributed by atoms with Crippen molar-refractivity contribution in [2.45, 2.75) is 31.7 Å². The molecule has 2 N–H and O–H groups in total. The third-order valence-electron chi connectivity index (χ3n) is 3.70. The van der Waals surface area contributed by atoms with Crippen LogP contribution in [0.2, 0.25) is 0 Å². The summed E-state index contributed by atoms with van der Waals surface area (Å²) < 4.78 is 7.70. The van der Waals surface area contributed by atoms with Crippen LogP contribution in [0.1, 0.15) is 30.4 Å². The number of nitrogens with zero attached hydrogens (tertiary/aromatic N) is 3. The van der Waals surface area contributed by atoms with Crippen LogP contribution in [0.4, 0.5) is 0 Å². The average Bonchev–Trinajstić information content (AvgIpc) is 2.96. The first kappa shape index (κ1) is 10.2.